The Kier molecular flexibility index (Phi) is 5.14. The molecule has 0 saturated heterocycles. The van der Waals surface area contributed by atoms with E-state index in [4.69, 9.17) is 19.3 Å². The van der Waals surface area contributed by atoms with Gasteiger partial charge in [0.1, 0.15) is 6.04 Å². The smallest absolute Gasteiger partial charge is 0.338 e. The molecule has 0 bridgehead atoms. The number of rotatable bonds is 5. The van der Waals surface area contributed by atoms with Gasteiger partial charge in [-0.1, -0.05) is 42.5 Å². The van der Waals surface area contributed by atoms with Crippen LogP contribution in [0.2, 0.25) is 0 Å². The first-order valence-corrected chi connectivity index (χ1v) is 9.38. The highest BCUT2D eigenvalue weighted by molar-refractivity contribution is 5.92. The number of ether oxygens (including phenoxy) is 3. The molecule has 1 atom stereocenters. The molecule has 1 unspecified atom stereocenters. The van der Waals surface area contributed by atoms with Gasteiger partial charge in [-0.2, -0.15) is 4.98 Å². The topological polar surface area (TPSA) is 87.5 Å². The maximum absolute atomic E-state index is 12.7. The third-order valence-electron chi connectivity index (χ3n) is 5.02. The number of aromatic nitrogens is 3. The summed E-state index contributed by atoms with van der Waals surface area (Å²) in [7, 11) is 4.49. The van der Waals surface area contributed by atoms with E-state index >= 15 is 0 Å². The zero-order valence-electron chi connectivity index (χ0n) is 17.2. The van der Waals surface area contributed by atoms with Crippen molar-refractivity contribution in [3.8, 4) is 22.9 Å². The number of allylic oxidation sites excluding steroid dienone is 1. The summed E-state index contributed by atoms with van der Waals surface area (Å²) in [4.78, 5) is 17.4. The van der Waals surface area contributed by atoms with Crippen LogP contribution >= 0.6 is 0 Å². The lowest BCUT2D eigenvalue weighted by Crippen LogP contribution is -2.29. The number of hydrogen-bond donors (Lipinski definition) is 1. The SMILES string of the molecule is COC(=O)C1=C(C)Nc2nc(-c3ccccc3)nn2C1c1cccc(OC)c1OC. The number of benzene rings is 2. The van der Waals surface area contributed by atoms with Crippen LogP contribution in [0.15, 0.2) is 59.8 Å². The minimum Gasteiger partial charge on any atom is -0.493 e. The fourth-order valence-corrected chi connectivity index (χ4v) is 3.65. The van der Waals surface area contributed by atoms with Gasteiger partial charge in [0, 0.05) is 16.8 Å². The van der Waals surface area contributed by atoms with E-state index < -0.39 is 12.0 Å². The molecule has 8 nitrogen and oxygen atoms in total. The summed E-state index contributed by atoms with van der Waals surface area (Å²) in [5, 5.41) is 7.89. The number of anilines is 1. The van der Waals surface area contributed by atoms with Gasteiger partial charge in [0.05, 0.1) is 26.9 Å². The average molecular weight is 406 g/mol. The van der Waals surface area contributed by atoms with E-state index in [0.29, 0.717) is 40.1 Å². The molecule has 30 heavy (non-hydrogen) atoms. The van der Waals surface area contributed by atoms with Crippen LogP contribution in [0.3, 0.4) is 0 Å². The minimum absolute atomic E-state index is 0.418. The third-order valence-corrected chi connectivity index (χ3v) is 5.02. The maximum atomic E-state index is 12.7. The van der Waals surface area contributed by atoms with Gasteiger partial charge in [-0.3, -0.25) is 0 Å². The van der Waals surface area contributed by atoms with Crippen LogP contribution in [0.1, 0.15) is 18.5 Å². The number of methoxy groups -OCH3 is 3. The highest BCUT2D eigenvalue weighted by atomic mass is 16.5. The lowest BCUT2D eigenvalue weighted by molar-refractivity contribution is -0.136. The Morgan fingerprint density at radius 1 is 1.03 bits per heavy atom. The second-order valence-electron chi connectivity index (χ2n) is 6.71. The second kappa shape index (κ2) is 7.90. The predicted molar refractivity (Wildman–Crippen MR) is 111 cm³/mol. The van der Waals surface area contributed by atoms with Crippen molar-refractivity contribution < 1.29 is 19.0 Å². The molecular formula is C22H22N4O4. The van der Waals surface area contributed by atoms with Crippen molar-refractivity contribution in [3.63, 3.8) is 0 Å². The number of nitrogens with one attached hydrogen (secondary N) is 1. The second-order valence-corrected chi connectivity index (χ2v) is 6.71. The molecule has 0 fully saturated rings. The zero-order valence-corrected chi connectivity index (χ0v) is 17.2. The van der Waals surface area contributed by atoms with Crippen LogP contribution in [0, 0.1) is 0 Å². The summed E-state index contributed by atoms with van der Waals surface area (Å²) in [6.07, 6.45) is 0. The van der Waals surface area contributed by atoms with Crippen molar-refractivity contribution in [2.24, 2.45) is 0 Å². The van der Waals surface area contributed by atoms with E-state index in [1.165, 1.54) is 7.11 Å². The Labute approximate surface area is 174 Å². The lowest BCUT2D eigenvalue weighted by Gasteiger charge is -2.29. The lowest BCUT2D eigenvalue weighted by atomic mass is 9.94. The van der Waals surface area contributed by atoms with Gasteiger partial charge in [-0.15, -0.1) is 5.10 Å². The Hall–Kier alpha value is -3.81. The molecule has 2 aromatic carbocycles. The number of carbonyl (C=O) groups is 1. The normalized spacial score (nSPS) is 15.3. The van der Waals surface area contributed by atoms with Gasteiger partial charge >= 0.3 is 5.97 Å². The largest absolute Gasteiger partial charge is 0.493 e. The first-order valence-electron chi connectivity index (χ1n) is 9.38. The number of para-hydroxylation sites is 1. The van der Waals surface area contributed by atoms with Crippen LogP contribution < -0.4 is 14.8 Å². The first kappa shape index (κ1) is 19.5. The van der Waals surface area contributed by atoms with Gasteiger partial charge in [0.2, 0.25) is 5.95 Å². The van der Waals surface area contributed by atoms with Gasteiger partial charge in [0.25, 0.3) is 0 Å². The zero-order chi connectivity index (χ0) is 21.3. The van der Waals surface area contributed by atoms with E-state index in [1.54, 1.807) is 25.0 Å². The minimum atomic E-state index is -0.608. The van der Waals surface area contributed by atoms with Gasteiger partial charge in [-0.25, -0.2) is 9.48 Å². The maximum Gasteiger partial charge on any atom is 0.338 e. The Morgan fingerprint density at radius 3 is 2.47 bits per heavy atom. The molecule has 1 aromatic heterocycles. The van der Waals surface area contributed by atoms with Crippen molar-refractivity contribution in [1.29, 1.82) is 0 Å². The highest BCUT2D eigenvalue weighted by Gasteiger charge is 2.37. The summed E-state index contributed by atoms with van der Waals surface area (Å²) >= 11 is 0. The van der Waals surface area contributed by atoms with Gasteiger partial charge < -0.3 is 19.5 Å². The third kappa shape index (κ3) is 3.16. The monoisotopic (exact) mass is 406 g/mol. The molecule has 0 radical (unpaired) electrons. The number of esters is 1. The Morgan fingerprint density at radius 2 is 1.80 bits per heavy atom. The van der Waals surface area contributed by atoms with Crippen molar-refractivity contribution >= 4 is 11.9 Å². The molecule has 1 aliphatic heterocycles. The molecule has 1 aliphatic rings. The molecule has 0 amide bonds. The van der Waals surface area contributed by atoms with E-state index in [0.717, 1.165) is 5.56 Å². The van der Waals surface area contributed by atoms with E-state index in [-0.39, 0.29) is 0 Å². The molecule has 154 valence electrons. The summed E-state index contributed by atoms with van der Waals surface area (Å²) in [5.41, 5.74) is 2.64. The van der Waals surface area contributed by atoms with Gasteiger partial charge in [-0.05, 0) is 13.0 Å². The van der Waals surface area contributed by atoms with E-state index in [2.05, 4.69) is 10.3 Å². The summed E-state index contributed by atoms with van der Waals surface area (Å²) < 4.78 is 17.9. The van der Waals surface area contributed by atoms with Crippen LogP contribution in [-0.2, 0) is 9.53 Å². The molecule has 4 rings (SSSR count). The number of fused-ring (bicyclic) bond motifs is 1. The summed E-state index contributed by atoms with van der Waals surface area (Å²) in [6, 6.07) is 14.6. The summed E-state index contributed by atoms with van der Waals surface area (Å²) in [5.74, 6) is 1.68. The Balaban J connectivity index is 1.95. The highest BCUT2D eigenvalue weighted by Crippen LogP contribution is 2.43. The van der Waals surface area contributed by atoms with E-state index in [9.17, 15) is 4.79 Å². The van der Waals surface area contributed by atoms with Crippen LogP contribution in [0.4, 0.5) is 5.95 Å². The number of nitrogens with zero attached hydrogens (tertiary/aromatic N) is 3. The van der Waals surface area contributed by atoms with Crippen molar-refractivity contribution in [3.05, 3.63) is 65.4 Å². The van der Waals surface area contributed by atoms with E-state index in [1.807, 2.05) is 49.4 Å². The molecule has 8 heteroatoms. The van der Waals surface area contributed by atoms with Crippen LogP contribution in [-0.4, -0.2) is 42.1 Å². The average Bonchev–Trinajstić information content (AvgIpc) is 3.21. The molecular weight excluding hydrogens is 384 g/mol. The van der Waals surface area contributed by atoms with Crippen molar-refractivity contribution in [1.82, 2.24) is 14.8 Å². The molecule has 0 spiro atoms. The Bertz CT molecular complexity index is 1120. The van der Waals surface area contributed by atoms with Gasteiger partial charge in [0.15, 0.2) is 17.3 Å². The molecule has 0 aliphatic carbocycles. The first-order chi connectivity index (χ1) is 14.6. The molecule has 0 saturated carbocycles. The van der Waals surface area contributed by atoms with Crippen LogP contribution in [0.25, 0.3) is 11.4 Å². The summed E-state index contributed by atoms with van der Waals surface area (Å²) in [6.45, 7) is 1.81. The number of carbonyl (C=O) groups excluding carboxylic acids is 1. The molecule has 3 aromatic rings. The standard InChI is InChI=1S/C22H22N4O4/c1-13-17(21(27)30-4)18(15-11-8-12-16(28-2)19(15)29-3)26-22(23-13)24-20(25-26)14-9-6-5-7-10-14/h5-12,18H,1-4H3,(H,23,24,25). The van der Waals surface area contributed by atoms with Crippen molar-refractivity contribution in [2.45, 2.75) is 13.0 Å². The number of hydrogen-bond acceptors (Lipinski definition) is 7. The fraction of sp³-hybridized carbons (Fsp3) is 0.227. The molecule has 2 heterocycles. The van der Waals surface area contributed by atoms with Crippen LogP contribution in [0.5, 0.6) is 11.5 Å². The predicted octanol–water partition coefficient (Wildman–Crippen LogP) is 3.42. The van der Waals surface area contributed by atoms with Crippen molar-refractivity contribution in [2.75, 3.05) is 26.6 Å². The fourth-order valence-electron chi connectivity index (χ4n) is 3.65. The molecule has 1 N–H and O–H groups in total. The quantitative estimate of drug-likeness (QED) is 0.650.